The molecule has 2 atom stereocenters. The molecule has 1 heterocycles. The molecule has 3 heteroatoms. The van der Waals surface area contributed by atoms with Crippen LogP contribution in [0.15, 0.2) is 30.3 Å². The van der Waals surface area contributed by atoms with Gasteiger partial charge in [-0.05, 0) is 40.3 Å². The molecule has 0 radical (unpaired) electrons. The van der Waals surface area contributed by atoms with E-state index in [9.17, 15) is 5.11 Å². The Kier molecular flexibility index (Phi) is 2.99. The van der Waals surface area contributed by atoms with Crippen LogP contribution >= 0.6 is 0 Å². The van der Waals surface area contributed by atoms with Crippen molar-refractivity contribution in [3.05, 3.63) is 47.0 Å². The molecule has 1 N–H and O–H groups in total. The Labute approximate surface area is 118 Å². The van der Waals surface area contributed by atoms with Gasteiger partial charge in [-0.2, -0.15) is 0 Å². The quantitative estimate of drug-likeness (QED) is 0.910. The van der Waals surface area contributed by atoms with Gasteiger partial charge in [0.2, 0.25) is 0 Å². The molecule has 2 aromatic rings. The van der Waals surface area contributed by atoms with E-state index in [0.29, 0.717) is 19.8 Å². The monoisotopic (exact) mass is 270 g/mol. The Bertz CT molecular complexity index is 634. The lowest BCUT2D eigenvalue weighted by Gasteiger charge is -2.28. The molecule has 0 amide bonds. The van der Waals surface area contributed by atoms with E-state index in [4.69, 9.17) is 9.47 Å². The fraction of sp³-hybridized carbons (Fsp3) is 0.412. The van der Waals surface area contributed by atoms with Gasteiger partial charge in [-0.1, -0.05) is 30.3 Å². The highest BCUT2D eigenvalue weighted by molar-refractivity contribution is 5.93. The Morgan fingerprint density at radius 3 is 2.70 bits per heavy atom. The summed E-state index contributed by atoms with van der Waals surface area (Å²) in [5.41, 5.74) is 3.75. The zero-order chi connectivity index (χ0) is 13.5. The lowest BCUT2D eigenvalue weighted by Crippen LogP contribution is -2.33. The van der Waals surface area contributed by atoms with Crippen LogP contribution in [0.3, 0.4) is 0 Å². The first-order valence-electron chi connectivity index (χ1n) is 7.25. The number of ether oxygens (including phenoxy) is 2. The van der Waals surface area contributed by atoms with E-state index < -0.39 is 6.10 Å². The minimum absolute atomic E-state index is 0.262. The summed E-state index contributed by atoms with van der Waals surface area (Å²) < 4.78 is 11.1. The molecule has 3 nitrogen and oxygen atoms in total. The van der Waals surface area contributed by atoms with Gasteiger partial charge in [0.05, 0.1) is 19.8 Å². The van der Waals surface area contributed by atoms with Crippen LogP contribution in [0, 0.1) is 0 Å². The van der Waals surface area contributed by atoms with Crippen LogP contribution in [0.5, 0.6) is 0 Å². The summed E-state index contributed by atoms with van der Waals surface area (Å²) in [6, 6.07) is 10.6. The predicted molar refractivity (Wildman–Crippen MR) is 76.9 cm³/mol. The third-order valence-electron chi connectivity index (χ3n) is 4.42. The van der Waals surface area contributed by atoms with E-state index in [0.717, 1.165) is 18.4 Å². The van der Waals surface area contributed by atoms with Crippen LogP contribution in [-0.2, 0) is 22.3 Å². The van der Waals surface area contributed by atoms with Crippen molar-refractivity contribution in [1.82, 2.24) is 0 Å². The van der Waals surface area contributed by atoms with Gasteiger partial charge in [0, 0.05) is 0 Å². The maximum absolute atomic E-state index is 10.6. The lowest BCUT2D eigenvalue weighted by molar-refractivity contribution is -0.133. The second kappa shape index (κ2) is 4.85. The van der Waals surface area contributed by atoms with Gasteiger partial charge in [0.25, 0.3) is 0 Å². The number of rotatable bonds is 2. The number of hydrogen-bond donors (Lipinski definition) is 1. The summed E-state index contributed by atoms with van der Waals surface area (Å²) in [5, 5.41) is 13.1. The Morgan fingerprint density at radius 1 is 1.05 bits per heavy atom. The maximum Gasteiger partial charge on any atom is 0.111 e. The van der Waals surface area contributed by atoms with Crippen LogP contribution in [-0.4, -0.2) is 31.0 Å². The first-order chi connectivity index (χ1) is 9.84. The number of aliphatic hydroxyl groups excluding tert-OH is 1. The largest absolute Gasteiger partial charge is 0.386 e. The SMILES string of the molecule is OC(c1ccc2c3c(cccc13)CC2)C1COCCO1. The highest BCUT2D eigenvalue weighted by atomic mass is 16.6. The van der Waals surface area contributed by atoms with Crippen LogP contribution in [0.25, 0.3) is 10.8 Å². The molecular formula is C17H18O3. The van der Waals surface area contributed by atoms with Crippen molar-refractivity contribution in [3.63, 3.8) is 0 Å². The molecule has 1 aliphatic carbocycles. The summed E-state index contributed by atoms with van der Waals surface area (Å²) in [6.07, 6.45) is 1.33. The zero-order valence-corrected chi connectivity index (χ0v) is 11.3. The Hall–Kier alpha value is -1.42. The van der Waals surface area contributed by atoms with E-state index in [1.54, 1.807) is 0 Å². The molecule has 2 aliphatic rings. The molecule has 0 spiro atoms. The van der Waals surface area contributed by atoms with E-state index in [1.807, 2.05) is 0 Å². The minimum Gasteiger partial charge on any atom is -0.386 e. The topological polar surface area (TPSA) is 38.7 Å². The molecular weight excluding hydrogens is 252 g/mol. The van der Waals surface area contributed by atoms with Crippen molar-refractivity contribution < 1.29 is 14.6 Å². The van der Waals surface area contributed by atoms with Crippen molar-refractivity contribution in [2.24, 2.45) is 0 Å². The summed E-state index contributed by atoms with van der Waals surface area (Å²) in [4.78, 5) is 0. The molecule has 1 fully saturated rings. The first-order valence-corrected chi connectivity index (χ1v) is 7.25. The Morgan fingerprint density at radius 2 is 1.90 bits per heavy atom. The third-order valence-corrected chi connectivity index (χ3v) is 4.42. The van der Waals surface area contributed by atoms with E-state index in [1.165, 1.54) is 21.9 Å². The Balaban J connectivity index is 1.80. The van der Waals surface area contributed by atoms with E-state index >= 15 is 0 Å². The predicted octanol–water partition coefficient (Wildman–Crippen LogP) is 2.39. The first kappa shape index (κ1) is 12.3. The summed E-state index contributed by atoms with van der Waals surface area (Å²) in [6.45, 7) is 1.64. The fourth-order valence-electron chi connectivity index (χ4n) is 3.42. The van der Waals surface area contributed by atoms with Gasteiger partial charge >= 0.3 is 0 Å². The molecule has 1 saturated heterocycles. The molecule has 4 rings (SSSR count). The van der Waals surface area contributed by atoms with Gasteiger partial charge in [0.1, 0.15) is 12.2 Å². The molecule has 0 bridgehead atoms. The molecule has 0 aromatic heterocycles. The van der Waals surface area contributed by atoms with Gasteiger partial charge in [-0.15, -0.1) is 0 Å². The molecule has 0 saturated carbocycles. The number of aliphatic hydroxyl groups is 1. The normalized spacial score (nSPS) is 23.1. The molecule has 2 aromatic carbocycles. The average Bonchev–Trinajstić information content (AvgIpc) is 2.93. The van der Waals surface area contributed by atoms with Crippen molar-refractivity contribution >= 4 is 10.8 Å². The van der Waals surface area contributed by atoms with Crippen molar-refractivity contribution in [2.45, 2.75) is 25.0 Å². The third kappa shape index (κ3) is 1.85. The number of hydrogen-bond acceptors (Lipinski definition) is 3. The molecule has 2 unspecified atom stereocenters. The highest BCUT2D eigenvalue weighted by Gasteiger charge is 2.27. The van der Waals surface area contributed by atoms with E-state index in [-0.39, 0.29) is 6.10 Å². The molecule has 104 valence electrons. The summed E-state index contributed by atoms with van der Waals surface area (Å²) >= 11 is 0. The second-order valence-corrected chi connectivity index (χ2v) is 5.58. The van der Waals surface area contributed by atoms with Crippen LogP contribution in [0.1, 0.15) is 22.8 Å². The fourth-order valence-corrected chi connectivity index (χ4v) is 3.42. The van der Waals surface area contributed by atoms with Crippen LogP contribution in [0.2, 0.25) is 0 Å². The lowest BCUT2D eigenvalue weighted by atomic mass is 9.94. The molecule has 1 aliphatic heterocycles. The number of benzene rings is 2. The van der Waals surface area contributed by atoms with Crippen molar-refractivity contribution in [3.8, 4) is 0 Å². The van der Waals surface area contributed by atoms with Crippen molar-refractivity contribution in [2.75, 3.05) is 19.8 Å². The van der Waals surface area contributed by atoms with Gasteiger partial charge in [-0.3, -0.25) is 0 Å². The van der Waals surface area contributed by atoms with Gasteiger partial charge in [-0.25, -0.2) is 0 Å². The molecule has 20 heavy (non-hydrogen) atoms. The standard InChI is InChI=1S/C17H18O3/c18-17(15-10-19-8-9-20-15)14-7-6-12-5-4-11-2-1-3-13(14)16(11)12/h1-3,6-7,15,17-18H,4-5,8-10H2. The van der Waals surface area contributed by atoms with E-state index in [2.05, 4.69) is 30.3 Å². The highest BCUT2D eigenvalue weighted by Crippen LogP contribution is 2.36. The van der Waals surface area contributed by atoms with Gasteiger partial charge in [0.15, 0.2) is 0 Å². The van der Waals surface area contributed by atoms with Crippen molar-refractivity contribution in [1.29, 1.82) is 0 Å². The van der Waals surface area contributed by atoms with Crippen LogP contribution < -0.4 is 0 Å². The summed E-state index contributed by atoms with van der Waals surface area (Å²) in [7, 11) is 0. The maximum atomic E-state index is 10.6. The smallest absolute Gasteiger partial charge is 0.111 e. The second-order valence-electron chi connectivity index (χ2n) is 5.58. The average molecular weight is 270 g/mol. The number of aryl methyl sites for hydroxylation is 2. The summed E-state index contributed by atoms with van der Waals surface area (Å²) in [5.74, 6) is 0. The van der Waals surface area contributed by atoms with Gasteiger partial charge < -0.3 is 14.6 Å². The minimum atomic E-state index is -0.625. The zero-order valence-electron chi connectivity index (χ0n) is 11.3. The van der Waals surface area contributed by atoms with Crippen LogP contribution in [0.4, 0.5) is 0 Å².